The van der Waals surface area contributed by atoms with Gasteiger partial charge in [0.2, 0.25) is 0 Å². The van der Waals surface area contributed by atoms with Gasteiger partial charge in [-0.3, -0.25) is 9.89 Å². The molecule has 1 N–H and O–H groups in total. The molecule has 0 atom stereocenters. The third-order valence-electron chi connectivity index (χ3n) is 3.05. The van der Waals surface area contributed by atoms with Crippen molar-refractivity contribution in [2.75, 3.05) is 0 Å². The van der Waals surface area contributed by atoms with Crippen molar-refractivity contribution in [3.05, 3.63) is 53.6 Å². The minimum atomic E-state index is 0.654. The number of aryl methyl sites for hydroxylation is 1. The molecule has 0 saturated carbocycles. The fourth-order valence-corrected chi connectivity index (χ4v) is 2.04. The molecule has 3 rings (SSSR count). The summed E-state index contributed by atoms with van der Waals surface area (Å²) in [7, 11) is 0. The van der Waals surface area contributed by atoms with Crippen molar-refractivity contribution in [2.45, 2.75) is 6.92 Å². The fourth-order valence-electron chi connectivity index (χ4n) is 2.04. The Bertz CT molecular complexity index is 711. The summed E-state index contributed by atoms with van der Waals surface area (Å²) < 4.78 is 0. The number of nitrogens with zero attached hydrogens (tertiary/aromatic N) is 1. The average molecular weight is 236 g/mol. The van der Waals surface area contributed by atoms with Gasteiger partial charge in [0, 0.05) is 16.5 Å². The van der Waals surface area contributed by atoms with Crippen LogP contribution in [0.3, 0.4) is 0 Å². The minimum Gasteiger partial charge on any atom is -0.298 e. The molecule has 88 valence electrons. The normalized spacial score (nSPS) is 10.7. The molecular weight excluding hydrogens is 224 g/mol. The Morgan fingerprint density at radius 3 is 2.61 bits per heavy atom. The first-order valence-electron chi connectivity index (χ1n) is 5.78. The highest BCUT2D eigenvalue weighted by atomic mass is 16.1. The predicted molar refractivity (Wildman–Crippen MR) is 71.7 cm³/mol. The molecule has 0 radical (unpaired) electrons. The van der Waals surface area contributed by atoms with Gasteiger partial charge in [-0.25, -0.2) is 0 Å². The number of aromatic nitrogens is 2. The Labute approximate surface area is 104 Å². The number of aromatic amines is 1. The fraction of sp³-hybridized carbons (Fsp3) is 0.0667. The van der Waals surface area contributed by atoms with E-state index in [2.05, 4.69) is 41.4 Å². The molecule has 0 unspecified atom stereocenters. The van der Waals surface area contributed by atoms with E-state index in [1.807, 2.05) is 18.2 Å². The molecule has 18 heavy (non-hydrogen) atoms. The maximum Gasteiger partial charge on any atom is 0.150 e. The van der Waals surface area contributed by atoms with Crippen LogP contribution < -0.4 is 0 Å². The van der Waals surface area contributed by atoms with Gasteiger partial charge in [0.25, 0.3) is 0 Å². The van der Waals surface area contributed by atoms with Crippen molar-refractivity contribution in [1.82, 2.24) is 10.2 Å². The molecule has 1 aromatic heterocycles. The molecule has 3 aromatic rings. The lowest BCUT2D eigenvalue weighted by Gasteiger charge is -1.99. The number of carbonyl (C=O) groups excluding carboxylic acids is 1. The van der Waals surface area contributed by atoms with E-state index < -0.39 is 0 Å². The number of hydrogen-bond donors (Lipinski definition) is 1. The van der Waals surface area contributed by atoms with Crippen LogP contribution in [-0.2, 0) is 0 Å². The van der Waals surface area contributed by atoms with E-state index in [0.29, 0.717) is 5.56 Å². The van der Waals surface area contributed by atoms with Crippen LogP contribution >= 0.6 is 0 Å². The monoisotopic (exact) mass is 236 g/mol. The highest BCUT2D eigenvalue weighted by molar-refractivity contribution is 5.95. The maximum atomic E-state index is 10.7. The summed E-state index contributed by atoms with van der Waals surface area (Å²) in [6, 6.07) is 13.8. The summed E-state index contributed by atoms with van der Waals surface area (Å²) in [5.74, 6) is 0. The van der Waals surface area contributed by atoms with Crippen LogP contribution in [0.25, 0.3) is 22.2 Å². The zero-order valence-corrected chi connectivity index (χ0v) is 9.97. The molecule has 0 saturated heterocycles. The van der Waals surface area contributed by atoms with Crippen LogP contribution in [0.5, 0.6) is 0 Å². The highest BCUT2D eigenvalue weighted by Crippen LogP contribution is 2.26. The van der Waals surface area contributed by atoms with Crippen LogP contribution in [0.1, 0.15) is 15.9 Å². The van der Waals surface area contributed by atoms with Gasteiger partial charge in [0.05, 0.1) is 11.2 Å². The molecule has 3 heteroatoms. The van der Waals surface area contributed by atoms with E-state index >= 15 is 0 Å². The lowest BCUT2D eigenvalue weighted by atomic mass is 10.1. The standard InChI is InChI=1S/C15H12N2O/c1-10-2-5-12(6-3-10)15-13-7-4-11(9-18)8-14(13)16-17-15/h2-9H,1H3,(H,16,17). The summed E-state index contributed by atoms with van der Waals surface area (Å²) >= 11 is 0. The van der Waals surface area contributed by atoms with Gasteiger partial charge >= 0.3 is 0 Å². The van der Waals surface area contributed by atoms with E-state index in [1.54, 1.807) is 0 Å². The largest absolute Gasteiger partial charge is 0.298 e. The number of carbonyl (C=O) groups is 1. The predicted octanol–water partition coefficient (Wildman–Crippen LogP) is 3.35. The third-order valence-corrected chi connectivity index (χ3v) is 3.05. The van der Waals surface area contributed by atoms with Gasteiger partial charge in [0.15, 0.2) is 0 Å². The second-order valence-electron chi connectivity index (χ2n) is 4.36. The topological polar surface area (TPSA) is 45.8 Å². The third kappa shape index (κ3) is 1.70. The maximum absolute atomic E-state index is 10.7. The van der Waals surface area contributed by atoms with Gasteiger partial charge in [0.1, 0.15) is 6.29 Å². The molecule has 1 heterocycles. The molecular formula is C15H12N2O. The zero-order valence-electron chi connectivity index (χ0n) is 9.97. The second kappa shape index (κ2) is 4.11. The number of hydrogen-bond acceptors (Lipinski definition) is 2. The Hall–Kier alpha value is -2.42. The van der Waals surface area contributed by atoms with Crippen molar-refractivity contribution in [3.63, 3.8) is 0 Å². The lowest BCUT2D eigenvalue weighted by Crippen LogP contribution is -1.80. The van der Waals surface area contributed by atoms with Crippen LogP contribution in [-0.4, -0.2) is 16.5 Å². The summed E-state index contributed by atoms with van der Waals surface area (Å²) in [6.07, 6.45) is 0.839. The van der Waals surface area contributed by atoms with Crippen molar-refractivity contribution < 1.29 is 4.79 Å². The first-order valence-corrected chi connectivity index (χ1v) is 5.78. The van der Waals surface area contributed by atoms with Crippen molar-refractivity contribution in [1.29, 1.82) is 0 Å². The van der Waals surface area contributed by atoms with E-state index in [9.17, 15) is 4.79 Å². The van der Waals surface area contributed by atoms with Crippen LogP contribution in [0.2, 0.25) is 0 Å². The molecule has 0 spiro atoms. The van der Waals surface area contributed by atoms with Gasteiger partial charge in [-0.2, -0.15) is 5.10 Å². The molecule has 0 fully saturated rings. The Balaban J connectivity index is 2.18. The molecule has 0 bridgehead atoms. The summed E-state index contributed by atoms with van der Waals surface area (Å²) in [6.45, 7) is 2.06. The summed E-state index contributed by atoms with van der Waals surface area (Å²) in [4.78, 5) is 10.7. The second-order valence-corrected chi connectivity index (χ2v) is 4.36. The van der Waals surface area contributed by atoms with Crippen LogP contribution in [0.15, 0.2) is 42.5 Å². The van der Waals surface area contributed by atoms with Crippen molar-refractivity contribution in [2.24, 2.45) is 0 Å². The number of H-pyrrole nitrogens is 1. The molecule has 0 amide bonds. The number of fused-ring (bicyclic) bond motifs is 1. The summed E-state index contributed by atoms with van der Waals surface area (Å²) in [5.41, 5.74) is 4.76. The highest BCUT2D eigenvalue weighted by Gasteiger charge is 2.08. The Morgan fingerprint density at radius 1 is 1.11 bits per heavy atom. The van der Waals surface area contributed by atoms with Crippen LogP contribution in [0, 0.1) is 6.92 Å². The lowest BCUT2D eigenvalue weighted by molar-refractivity contribution is 0.112. The SMILES string of the molecule is Cc1ccc(-c2n[nH]c3cc(C=O)ccc23)cc1. The Kier molecular flexibility index (Phi) is 2.45. The number of nitrogens with one attached hydrogen (secondary N) is 1. The van der Waals surface area contributed by atoms with Crippen molar-refractivity contribution in [3.8, 4) is 11.3 Å². The molecule has 0 aliphatic carbocycles. The van der Waals surface area contributed by atoms with E-state index in [1.165, 1.54) is 5.56 Å². The zero-order chi connectivity index (χ0) is 12.5. The molecule has 0 aliphatic rings. The average Bonchev–Trinajstić information content (AvgIpc) is 2.82. The van der Waals surface area contributed by atoms with Gasteiger partial charge in [-0.1, -0.05) is 35.9 Å². The first kappa shape index (κ1) is 10.7. The van der Waals surface area contributed by atoms with E-state index in [4.69, 9.17) is 0 Å². The number of rotatable bonds is 2. The van der Waals surface area contributed by atoms with Crippen molar-refractivity contribution >= 4 is 17.2 Å². The van der Waals surface area contributed by atoms with Gasteiger partial charge < -0.3 is 0 Å². The number of aldehydes is 1. The van der Waals surface area contributed by atoms with Gasteiger partial charge in [-0.05, 0) is 19.1 Å². The minimum absolute atomic E-state index is 0.654. The van der Waals surface area contributed by atoms with E-state index in [0.717, 1.165) is 28.4 Å². The first-order chi connectivity index (χ1) is 8.78. The molecule has 2 aromatic carbocycles. The summed E-state index contributed by atoms with van der Waals surface area (Å²) in [5, 5.41) is 8.33. The Morgan fingerprint density at radius 2 is 1.89 bits per heavy atom. The van der Waals surface area contributed by atoms with Gasteiger partial charge in [-0.15, -0.1) is 0 Å². The quantitative estimate of drug-likeness (QED) is 0.693. The number of benzene rings is 2. The smallest absolute Gasteiger partial charge is 0.150 e. The van der Waals surface area contributed by atoms with Crippen LogP contribution in [0.4, 0.5) is 0 Å². The van der Waals surface area contributed by atoms with E-state index in [-0.39, 0.29) is 0 Å². The molecule has 3 nitrogen and oxygen atoms in total. The molecule has 0 aliphatic heterocycles.